The normalized spacial score (nSPS) is 20.1. The molecule has 0 aliphatic heterocycles. The molecule has 2 aromatic rings. The van der Waals surface area contributed by atoms with Gasteiger partial charge in [0.1, 0.15) is 6.61 Å². The zero-order valence-electron chi connectivity index (χ0n) is 17.2. The Hall–Kier alpha value is -2.42. The van der Waals surface area contributed by atoms with Crippen LogP contribution in [0.5, 0.6) is 5.75 Å². The van der Waals surface area contributed by atoms with Crippen molar-refractivity contribution in [2.75, 3.05) is 6.61 Å². The van der Waals surface area contributed by atoms with Crippen LogP contribution in [-0.4, -0.2) is 6.61 Å². The maximum absolute atomic E-state index is 14.5. The lowest BCUT2D eigenvalue weighted by Gasteiger charge is -2.32. The van der Waals surface area contributed by atoms with Gasteiger partial charge in [-0.05, 0) is 73.1 Å². The standard InChI is InChI=1S/C26H30F2O/c1-4-6-19-7-9-20(10-8-19)18(3)21-11-13-22(14-12-21)23-15-16-24(29-17-5-2)26(28)25(23)27/h4-5,11-16,18-20H,1-2,6-10,17H2,3H3. The van der Waals surface area contributed by atoms with Crippen LogP contribution in [-0.2, 0) is 0 Å². The van der Waals surface area contributed by atoms with Gasteiger partial charge < -0.3 is 4.74 Å². The van der Waals surface area contributed by atoms with Gasteiger partial charge in [0.05, 0.1) is 0 Å². The molecule has 3 rings (SSSR count). The third kappa shape index (κ3) is 4.95. The minimum atomic E-state index is -0.960. The van der Waals surface area contributed by atoms with Gasteiger partial charge in [-0.2, -0.15) is 4.39 Å². The maximum atomic E-state index is 14.5. The first-order valence-corrected chi connectivity index (χ1v) is 10.5. The van der Waals surface area contributed by atoms with Crippen molar-refractivity contribution in [1.82, 2.24) is 0 Å². The lowest BCUT2D eigenvalue weighted by molar-refractivity contribution is 0.250. The van der Waals surface area contributed by atoms with Gasteiger partial charge in [-0.3, -0.25) is 0 Å². The molecule has 0 spiro atoms. The monoisotopic (exact) mass is 396 g/mol. The van der Waals surface area contributed by atoms with Crippen LogP contribution < -0.4 is 4.74 Å². The van der Waals surface area contributed by atoms with Crippen molar-refractivity contribution in [2.45, 2.75) is 44.9 Å². The molecule has 3 heteroatoms. The van der Waals surface area contributed by atoms with E-state index in [-0.39, 0.29) is 17.9 Å². The molecule has 29 heavy (non-hydrogen) atoms. The fraction of sp³-hybridized carbons (Fsp3) is 0.385. The van der Waals surface area contributed by atoms with Gasteiger partial charge in [-0.1, -0.05) is 49.9 Å². The summed E-state index contributed by atoms with van der Waals surface area (Å²) in [6.07, 6.45) is 9.67. The van der Waals surface area contributed by atoms with Gasteiger partial charge in [0, 0.05) is 5.56 Å². The first kappa shape index (κ1) is 21.3. The van der Waals surface area contributed by atoms with E-state index in [2.05, 4.69) is 32.2 Å². The van der Waals surface area contributed by atoms with E-state index in [4.69, 9.17) is 4.74 Å². The lowest BCUT2D eigenvalue weighted by Crippen LogP contribution is -2.18. The van der Waals surface area contributed by atoms with Crippen LogP contribution in [0, 0.1) is 23.5 Å². The average molecular weight is 397 g/mol. The van der Waals surface area contributed by atoms with Crippen molar-refractivity contribution in [1.29, 1.82) is 0 Å². The molecule has 0 N–H and O–H groups in total. The Morgan fingerprint density at radius 2 is 1.66 bits per heavy atom. The third-order valence-corrected chi connectivity index (χ3v) is 6.25. The van der Waals surface area contributed by atoms with Crippen LogP contribution in [0.15, 0.2) is 61.7 Å². The first-order valence-electron chi connectivity index (χ1n) is 10.5. The molecule has 1 unspecified atom stereocenters. The number of halogens is 2. The molecular weight excluding hydrogens is 366 g/mol. The number of rotatable bonds is 8. The quantitative estimate of drug-likeness (QED) is 0.416. The van der Waals surface area contributed by atoms with Gasteiger partial charge in [-0.15, -0.1) is 6.58 Å². The van der Waals surface area contributed by atoms with Crippen LogP contribution in [0.1, 0.15) is 50.5 Å². The number of benzene rings is 2. The summed E-state index contributed by atoms with van der Waals surface area (Å²) in [5, 5.41) is 0. The summed E-state index contributed by atoms with van der Waals surface area (Å²) >= 11 is 0. The zero-order valence-corrected chi connectivity index (χ0v) is 17.2. The van der Waals surface area contributed by atoms with E-state index in [0.29, 0.717) is 17.4 Å². The first-order chi connectivity index (χ1) is 14.0. The van der Waals surface area contributed by atoms with Crippen LogP contribution in [0.2, 0.25) is 0 Å². The Morgan fingerprint density at radius 1 is 0.966 bits per heavy atom. The van der Waals surface area contributed by atoms with Crippen molar-refractivity contribution < 1.29 is 13.5 Å². The predicted octanol–water partition coefficient (Wildman–Crippen LogP) is 7.68. The number of allylic oxidation sites excluding steroid dienone is 1. The molecule has 154 valence electrons. The third-order valence-electron chi connectivity index (χ3n) is 6.25. The highest BCUT2D eigenvalue weighted by atomic mass is 19.2. The molecule has 1 nitrogen and oxygen atoms in total. The van der Waals surface area contributed by atoms with Crippen molar-refractivity contribution in [3.63, 3.8) is 0 Å². The second-order valence-corrected chi connectivity index (χ2v) is 8.05. The minimum absolute atomic E-state index is 0.0940. The molecule has 1 fully saturated rings. The van der Waals surface area contributed by atoms with Crippen molar-refractivity contribution >= 4 is 0 Å². The highest BCUT2D eigenvalue weighted by Crippen LogP contribution is 2.39. The van der Waals surface area contributed by atoms with E-state index in [0.717, 1.165) is 12.3 Å². The van der Waals surface area contributed by atoms with E-state index < -0.39 is 11.6 Å². The van der Waals surface area contributed by atoms with Crippen LogP contribution >= 0.6 is 0 Å². The van der Waals surface area contributed by atoms with Crippen molar-refractivity contribution in [3.8, 4) is 16.9 Å². The van der Waals surface area contributed by atoms with E-state index >= 15 is 0 Å². The summed E-state index contributed by atoms with van der Waals surface area (Å²) in [6.45, 7) is 9.79. The molecule has 0 heterocycles. The predicted molar refractivity (Wildman–Crippen MR) is 116 cm³/mol. The van der Waals surface area contributed by atoms with Gasteiger partial charge in [-0.25, -0.2) is 4.39 Å². The summed E-state index contributed by atoms with van der Waals surface area (Å²) < 4.78 is 34.0. The second kappa shape index (κ2) is 9.87. The molecule has 1 aliphatic rings. The number of hydrogen-bond donors (Lipinski definition) is 0. The Balaban J connectivity index is 1.71. The van der Waals surface area contributed by atoms with Crippen LogP contribution in [0.3, 0.4) is 0 Å². The Morgan fingerprint density at radius 3 is 2.28 bits per heavy atom. The molecule has 0 bridgehead atoms. The summed E-state index contributed by atoms with van der Waals surface area (Å²) in [5.74, 6) is -0.00793. The van der Waals surface area contributed by atoms with Crippen molar-refractivity contribution in [3.05, 3.63) is 78.9 Å². The molecule has 0 aromatic heterocycles. The number of hydrogen-bond acceptors (Lipinski definition) is 1. The van der Waals surface area contributed by atoms with Gasteiger partial charge >= 0.3 is 0 Å². The van der Waals surface area contributed by atoms with Gasteiger partial charge in [0.15, 0.2) is 11.6 Å². The minimum Gasteiger partial charge on any atom is -0.486 e. The molecule has 0 amide bonds. The molecule has 0 saturated heterocycles. The van der Waals surface area contributed by atoms with Crippen LogP contribution in [0.4, 0.5) is 8.78 Å². The molecule has 1 atom stereocenters. The molecule has 0 radical (unpaired) electrons. The van der Waals surface area contributed by atoms with Crippen molar-refractivity contribution in [2.24, 2.45) is 11.8 Å². The van der Waals surface area contributed by atoms with E-state index in [1.54, 1.807) is 6.07 Å². The Labute approximate surface area is 173 Å². The highest BCUT2D eigenvalue weighted by molar-refractivity contribution is 5.65. The highest BCUT2D eigenvalue weighted by Gasteiger charge is 2.25. The SMILES string of the molecule is C=CCOc1ccc(-c2ccc(C(C)C3CCC(CC=C)CC3)cc2)c(F)c1F. The fourth-order valence-corrected chi connectivity index (χ4v) is 4.41. The average Bonchev–Trinajstić information content (AvgIpc) is 2.75. The van der Waals surface area contributed by atoms with Gasteiger partial charge in [0.25, 0.3) is 0 Å². The summed E-state index contributed by atoms with van der Waals surface area (Å²) in [7, 11) is 0. The zero-order chi connectivity index (χ0) is 20.8. The smallest absolute Gasteiger partial charge is 0.201 e. The topological polar surface area (TPSA) is 9.23 Å². The Bertz CT molecular complexity index is 833. The fourth-order valence-electron chi connectivity index (χ4n) is 4.41. The van der Waals surface area contributed by atoms with Gasteiger partial charge in [0.2, 0.25) is 5.82 Å². The Kier molecular flexibility index (Phi) is 7.24. The summed E-state index contributed by atoms with van der Waals surface area (Å²) in [6, 6.07) is 10.9. The molecule has 1 aliphatic carbocycles. The molecule has 2 aromatic carbocycles. The lowest BCUT2D eigenvalue weighted by atomic mass is 9.73. The number of ether oxygens (including phenoxy) is 1. The summed E-state index contributed by atoms with van der Waals surface area (Å²) in [5.41, 5.74) is 2.17. The maximum Gasteiger partial charge on any atom is 0.201 e. The van der Waals surface area contributed by atoms with Crippen LogP contribution in [0.25, 0.3) is 11.1 Å². The van der Waals surface area contributed by atoms with E-state index in [1.165, 1.54) is 43.4 Å². The van der Waals surface area contributed by atoms with E-state index in [1.807, 2.05) is 18.2 Å². The second-order valence-electron chi connectivity index (χ2n) is 8.05. The summed E-state index contributed by atoms with van der Waals surface area (Å²) in [4.78, 5) is 0. The largest absolute Gasteiger partial charge is 0.486 e. The molecular formula is C26H30F2O. The van der Waals surface area contributed by atoms with E-state index in [9.17, 15) is 8.78 Å². The molecule has 1 saturated carbocycles.